The molecule has 2 rings (SSSR count). The van der Waals surface area contributed by atoms with Crippen LogP contribution in [0.25, 0.3) is 0 Å². The molecular formula is C16H13ClN2O2. The van der Waals surface area contributed by atoms with E-state index in [4.69, 9.17) is 21.6 Å². The zero-order valence-electron chi connectivity index (χ0n) is 11.3. The number of ether oxygens (including phenoxy) is 1. The number of amides is 1. The van der Waals surface area contributed by atoms with Gasteiger partial charge in [0.1, 0.15) is 11.8 Å². The summed E-state index contributed by atoms with van der Waals surface area (Å²) in [5.41, 5.74) is 0.983. The number of benzene rings is 2. The summed E-state index contributed by atoms with van der Waals surface area (Å²) in [5.74, 6) is 0.0683. The van der Waals surface area contributed by atoms with Crippen molar-refractivity contribution in [1.82, 2.24) is 0 Å². The van der Waals surface area contributed by atoms with Crippen molar-refractivity contribution in [3.8, 4) is 11.8 Å². The van der Waals surface area contributed by atoms with E-state index in [1.54, 1.807) is 55.5 Å². The standard InChI is InChI=1S/C16H13ClN2O2/c1-11(21-15-8-3-2-5-12(15)10-18)16(20)19-14-7-4-6-13(17)9-14/h2-9,11H,1H3,(H,19,20). The molecule has 0 heterocycles. The highest BCUT2D eigenvalue weighted by Crippen LogP contribution is 2.19. The Kier molecular flexibility index (Phi) is 4.81. The van der Waals surface area contributed by atoms with Crippen molar-refractivity contribution < 1.29 is 9.53 Å². The second kappa shape index (κ2) is 6.78. The zero-order valence-corrected chi connectivity index (χ0v) is 12.1. The molecule has 0 fully saturated rings. The number of nitrogens with zero attached hydrogens (tertiary/aromatic N) is 1. The average Bonchev–Trinajstić information content (AvgIpc) is 2.47. The van der Waals surface area contributed by atoms with Crippen LogP contribution in [0.2, 0.25) is 5.02 Å². The molecule has 0 bridgehead atoms. The summed E-state index contributed by atoms with van der Waals surface area (Å²) in [7, 11) is 0. The number of para-hydroxylation sites is 1. The Labute approximate surface area is 127 Å². The first-order valence-electron chi connectivity index (χ1n) is 6.32. The van der Waals surface area contributed by atoms with Crippen molar-refractivity contribution in [2.24, 2.45) is 0 Å². The van der Waals surface area contributed by atoms with Crippen LogP contribution in [-0.4, -0.2) is 12.0 Å². The molecule has 2 aromatic rings. The van der Waals surface area contributed by atoms with Gasteiger partial charge in [-0.15, -0.1) is 0 Å². The molecule has 5 heteroatoms. The highest BCUT2D eigenvalue weighted by molar-refractivity contribution is 6.30. The first kappa shape index (κ1) is 14.9. The number of carbonyl (C=O) groups excluding carboxylic acids is 1. The van der Waals surface area contributed by atoms with Crippen molar-refractivity contribution in [3.05, 3.63) is 59.1 Å². The highest BCUT2D eigenvalue weighted by Gasteiger charge is 2.16. The monoisotopic (exact) mass is 300 g/mol. The zero-order chi connectivity index (χ0) is 15.2. The van der Waals surface area contributed by atoms with Gasteiger partial charge in [0.25, 0.3) is 5.91 Å². The second-order valence-electron chi connectivity index (χ2n) is 4.37. The van der Waals surface area contributed by atoms with Crippen molar-refractivity contribution in [2.75, 3.05) is 5.32 Å². The molecule has 0 aliphatic rings. The molecule has 0 spiro atoms. The third kappa shape index (κ3) is 3.98. The highest BCUT2D eigenvalue weighted by atomic mass is 35.5. The van der Waals surface area contributed by atoms with Crippen LogP contribution >= 0.6 is 11.6 Å². The van der Waals surface area contributed by atoms with E-state index in [1.165, 1.54) is 0 Å². The summed E-state index contributed by atoms with van der Waals surface area (Å²) in [6, 6.07) is 15.7. The van der Waals surface area contributed by atoms with Crippen molar-refractivity contribution in [3.63, 3.8) is 0 Å². The molecule has 106 valence electrons. The first-order valence-corrected chi connectivity index (χ1v) is 6.70. The fraction of sp³-hybridized carbons (Fsp3) is 0.125. The Morgan fingerprint density at radius 3 is 2.76 bits per heavy atom. The van der Waals surface area contributed by atoms with Gasteiger partial charge in [-0.05, 0) is 37.3 Å². The quantitative estimate of drug-likeness (QED) is 0.938. The van der Waals surface area contributed by atoms with E-state index in [1.807, 2.05) is 6.07 Å². The number of rotatable bonds is 4. The van der Waals surface area contributed by atoms with Crippen LogP contribution < -0.4 is 10.1 Å². The number of carbonyl (C=O) groups is 1. The lowest BCUT2D eigenvalue weighted by molar-refractivity contribution is -0.122. The molecule has 0 aromatic heterocycles. The molecule has 0 radical (unpaired) electrons. The molecule has 0 saturated carbocycles. The van der Waals surface area contributed by atoms with Crippen LogP contribution in [0.4, 0.5) is 5.69 Å². The molecule has 4 nitrogen and oxygen atoms in total. The van der Waals surface area contributed by atoms with E-state index in [-0.39, 0.29) is 5.91 Å². The minimum absolute atomic E-state index is 0.315. The van der Waals surface area contributed by atoms with Crippen LogP contribution in [0.3, 0.4) is 0 Å². The number of halogens is 1. The lowest BCUT2D eigenvalue weighted by Gasteiger charge is -2.15. The summed E-state index contributed by atoms with van der Waals surface area (Å²) < 4.78 is 5.53. The first-order chi connectivity index (χ1) is 10.1. The van der Waals surface area contributed by atoms with Crippen molar-refractivity contribution in [1.29, 1.82) is 5.26 Å². The molecule has 1 N–H and O–H groups in total. The maximum Gasteiger partial charge on any atom is 0.265 e. The van der Waals surface area contributed by atoms with E-state index in [9.17, 15) is 4.79 Å². The van der Waals surface area contributed by atoms with E-state index in [0.29, 0.717) is 22.0 Å². The van der Waals surface area contributed by atoms with Gasteiger partial charge >= 0.3 is 0 Å². The van der Waals surface area contributed by atoms with Gasteiger partial charge in [-0.25, -0.2) is 0 Å². The van der Waals surface area contributed by atoms with E-state index in [0.717, 1.165) is 0 Å². The van der Waals surface area contributed by atoms with Gasteiger partial charge in [0.2, 0.25) is 0 Å². The fourth-order valence-electron chi connectivity index (χ4n) is 1.72. The third-order valence-electron chi connectivity index (χ3n) is 2.77. The SMILES string of the molecule is CC(Oc1ccccc1C#N)C(=O)Nc1cccc(Cl)c1. The van der Waals surface area contributed by atoms with Gasteiger partial charge in [-0.1, -0.05) is 29.8 Å². The van der Waals surface area contributed by atoms with Crippen LogP contribution in [0.5, 0.6) is 5.75 Å². The average molecular weight is 301 g/mol. The number of hydrogen-bond donors (Lipinski definition) is 1. The summed E-state index contributed by atoms with van der Waals surface area (Å²) in [5, 5.41) is 12.2. The van der Waals surface area contributed by atoms with Crippen molar-refractivity contribution in [2.45, 2.75) is 13.0 Å². The summed E-state index contributed by atoms with van der Waals surface area (Å²) >= 11 is 5.86. The number of anilines is 1. The van der Waals surface area contributed by atoms with Gasteiger partial charge in [-0.2, -0.15) is 5.26 Å². The van der Waals surface area contributed by atoms with Gasteiger partial charge in [-0.3, -0.25) is 4.79 Å². The molecule has 1 amide bonds. The molecule has 0 saturated heterocycles. The molecule has 0 aliphatic carbocycles. The predicted octanol–water partition coefficient (Wildman–Crippen LogP) is 3.62. The Morgan fingerprint density at radius 1 is 1.29 bits per heavy atom. The van der Waals surface area contributed by atoms with Gasteiger partial charge in [0, 0.05) is 10.7 Å². The summed E-state index contributed by atoms with van der Waals surface area (Å²) in [6.45, 7) is 1.62. The maximum absolute atomic E-state index is 12.1. The van der Waals surface area contributed by atoms with Gasteiger partial charge < -0.3 is 10.1 Å². The number of hydrogen-bond acceptors (Lipinski definition) is 3. The van der Waals surface area contributed by atoms with Gasteiger partial charge in [0.05, 0.1) is 5.56 Å². The van der Waals surface area contributed by atoms with Crippen LogP contribution in [0.15, 0.2) is 48.5 Å². The Balaban J connectivity index is 2.05. The van der Waals surface area contributed by atoms with E-state index < -0.39 is 6.10 Å². The lowest BCUT2D eigenvalue weighted by atomic mass is 10.2. The topological polar surface area (TPSA) is 62.1 Å². The lowest BCUT2D eigenvalue weighted by Crippen LogP contribution is -2.30. The molecule has 0 aliphatic heterocycles. The smallest absolute Gasteiger partial charge is 0.265 e. The van der Waals surface area contributed by atoms with E-state index in [2.05, 4.69) is 5.32 Å². The molecule has 2 aromatic carbocycles. The third-order valence-corrected chi connectivity index (χ3v) is 3.01. The fourth-order valence-corrected chi connectivity index (χ4v) is 1.91. The van der Waals surface area contributed by atoms with Crippen molar-refractivity contribution >= 4 is 23.2 Å². The Bertz CT molecular complexity index is 695. The Hall–Kier alpha value is -2.51. The van der Waals surface area contributed by atoms with E-state index >= 15 is 0 Å². The summed E-state index contributed by atoms with van der Waals surface area (Å²) in [4.78, 5) is 12.1. The molecule has 1 unspecified atom stereocenters. The molecule has 1 atom stereocenters. The van der Waals surface area contributed by atoms with Gasteiger partial charge in [0.15, 0.2) is 6.10 Å². The molecule has 21 heavy (non-hydrogen) atoms. The maximum atomic E-state index is 12.1. The summed E-state index contributed by atoms with van der Waals surface area (Å²) in [6.07, 6.45) is -0.738. The minimum Gasteiger partial charge on any atom is -0.480 e. The predicted molar refractivity (Wildman–Crippen MR) is 81.3 cm³/mol. The van der Waals surface area contributed by atoms with Crippen LogP contribution in [-0.2, 0) is 4.79 Å². The van der Waals surface area contributed by atoms with Crippen LogP contribution in [0.1, 0.15) is 12.5 Å². The normalized spacial score (nSPS) is 11.3. The minimum atomic E-state index is -0.738. The number of nitriles is 1. The molecular weight excluding hydrogens is 288 g/mol. The second-order valence-corrected chi connectivity index (χ2v) is 4.80. The van der Waals surface area contributed by atoms with Crippen LogP contribution in [0, 0.1) is 11.3 Å². The largest absolute Gasteiger partial charge is 0.480 e. The Morgan fingerprint density at radius 2 is 2.05 bits per heavy atom. The number of nitrogens with one attached hydrogen (secondary N) is 1.